The van der Waals surface area contributed by atoms with Gasteiger partial charge in [-0.25, -0.2) is 13.1 Å². The molecule has 0 bridgehead atoms. The molecule has 0 heterocycles. The Morgan fingerprint density at radius 1 is 1.04 bits per heavy atom. The van der Waals surface area contributed by atoms with Gasteiger partial charge in [0.25, 0.3) is 0 Å². The molecular formula is C21H26N2O3S. The van der Waals surface area contributed by atoms with Crippen LogP contribution in [-0.4, -0.2) is 27.4 Å². The van der Waals surface area contributed by atoms with Gasteiger partial charge in [-0.3, -0.25) is 4.79 Å². The largest absolute Gasteiger partial charge is 0.355 e. The standard InChI is InChI=1S/C21H26N2O3S/c1-2-19(20-11-7-4-8-12-20)17-22-21(24)13-15-23-27(25,26)16-14-18-9-5-3-6-10-18/h3-12,14,16,19,23H,2,13,15,17H2,1H3,(H,22,24)/b16-14+. The summed E-state index contributed by atoms with van der Waals surface area (Å²) in [6.45, 7) is 2.69. The van der Waals surface area contributed by atoms with Crippen LogP contribution < -0.4 is 10.0 Å². The summed E-state index contributed by atoms with van der Waals surface area (Å²) in [6.07, 6.45) is 2.54. The smallest absolute Gasteiger partial charge is 0.233 e. The number of hydrogen-bond acceptors (Lipinski definition) is 3. The molecule has 1 atom stereocenters. The second-order valence-corrected chi connectivity index (χ2v) is 7.87. The van der Waals surface area contributed by atoms with Crippen LogP contribution in [0.1, 0.15) is 36.8 Å². The molecule has 0 fully saturated rings. The highest BCUT2D eigenvalue weighted by Gasteiger charge is 2.11. The lowest BCUT2D eigenvalue weighted by atomic mass is 9.96. The molecular weight excluding hydrogens is 360 g/mol. The van der Waals surface area contributed by atoms with Crippen molar-refractivity contribution in [3.8, 4) is 0 Å². The van der Waals surface area contributed by atoms with Crippen LogP contribution in [0.3, 0.4) is 0 Å². The molecule has 2 aromatic rings. The first-order chi connectivity index (χ1) is 13.0. The fourth-order valence-corrected chi connectivity index (χ4v) is 3.45. The zero-order chi connectivity index (χ0) is 19.5. The van der Waals surface area contributed by atoms with E-state index in [9.17, 15) is 13.2 Å². The van der Waals surface area contributed by atoms with Gasteiger partial charge in [-0.05, 0) is 23.6 Å². The van der Waals surface area contributed by atoms with Crippen LogP contribution in [0.2, 0.25) is 0 Å². The third-order valence-electron chi connectivity index (χ3n) is 4.20. The molecule has 0 saturated heterocycles. The molecule has 0 aliphatic carbocycles. The predicted molar refractivity (Wildman–Crippen MR) is 109 cm³/mol. The maximum absolute atomic E-state index is 12.0. The summed E-state index contributed by atoms with van der Waals surface area (Å²) >= 11 is 0. The Hall–Kier alpha value is -2.44. The maximum atomic E-state index is 12.0. The van der Waals surface area contributed by atoms with E-state index < -0.39 is 10.0 Å². The van der Waals surface area contributed by atoms with Gasteiger partial charge in [-0.2, -0.15) is 0 Å². The van der Waals surface area contributed by atoms with Crippen LogP contribution in [0.4, 0.5) is 0 Å². The summed E-state index contributed by atoms with van der Waals surface area (Å²) < 4.78 is 26.3. The molecule has 2 N–H and O–H groups in total. The first-order valence-electron chi connectivity index (χ1n) is 9.04. The Balaban J connectivity index is 1.74. The van der Waals surface area contributed by atoms with E-state index in [0.717, 1.165) is 17.4 Å². The van der Waals surface area contributed by atoms with Gasteiger partial charge >= 0.3 is 0 Å². The third-order valence-corrected chi connectivity index (χ3v) is 5.30. The van der Waals surface area contributed by atoms with Crippen molar-refractivity contribution >= 4 is 22.0 Å². The third kappa shape index (κ3) is 7.76. The molecule has 1 amide bonds. The van der Waals surface area contributed by atoms with E-state index in [1.807, 2.05) is 60.7 Å². The van der Waals surface area contributed by atoms with Crippen molar-refractivity contribution in [2.45, 2.75) is 25.7 Å². The Morgan fingerprint density at radius 2 is 1.67 bits per heavy atom. The lowest BCUT2D eigenvalue weighted by Crippen LogP contribution is -2.32. The molecule has 0 spiro atoms. The number of benzene rings is 2. The highest BCUT2D eigenvalue weighted by atomic mass is 32.2. The van der Waals surface area contributed by atoms with Gasteiger partial charge in [0.2, 0.25) is 15.9 Å². The molecule has 0 aliphatic heterocycles. The topological polar surface area (TPSA) is 75.3 Å². The molecule has 0 aromatic heterocycles. The van der Waals surface area contributed by atoms with E-state index in [1.165, 1.54) is 11.6 Å². The summed E-state index contributed by atoms with van der Waals surface area (Å²) in [5.74, 6) is 0.0831. The quantitative estimate of drug-likeness (QED) is 0.658. The lowest BCUT2D eigenvalue weighted by molar-refractivity contribution is -0.121. The SMILES string of the molecule is CCC(CNC(=O)CCNS(=O)(=O)/C=C/c1ccccc1)c1ccccc1. The van der Waals surface area contributed by atoms with Crippen LogP contribution in [-0.2, 0) is 14.8 Å². The van der Waals surface area contributed by atoms with Crippen molar-refractivity contribution in [2.24, 2.45) is 0 Å². The minimum atomic E-state index is -3.56. The Kier molecular flexibility index (Phi) is 8.23. The van der Waals surface area contributed by atoms with Gasteiger partial charge in [0.1, 0.15) is 0 Å². The van der Waals surface area contributed by atoms with Crippen molar-refractivity contribution in [1.29, 1.82) is 0 Å². The van der Waals surface area contributed by atoms with E-state index in [1.54, 1.807) is 0 Å². The summed E-state index contributed by atoms with van der Waals surface area (Å²) in [6, 6.07) is 19.2. The van der Waals surface area contributed by atoms with Crippen LogP contribution in [0.25, 0.3) is 6.08 Å². The molecule has 2 aromatic carbocycles. The van der Waals surface area contributed by atoms with E-state index in [4.69, 9.17) is 0 Å². The fraction of sp³-hybridized carbons (Fsp3) is 0.286. The average Bonchev–Trinajstić information content (AvgIpc) is 2.68. The second-order valence-electron chi connectivity index (χ2n) is 6.22. The Bertz CT molecular complexity index is 834. The highest BCUT2D eigenvalue weighted by molar-refractivity contribution is 7.92. The molecule has 2 rings (SSSR count). The van der Waals surface area contributed by atoms with Crippen LogP contribution in [0.5, 0.6) is 0 Å². The van der Waals surface area contributed by atoms with Crippen molar-refractivity contribution < 1.29 is 13.2 Å². The zero-order valence-electron chi connectivity index (χ0n) is 15.5. The first-order valence-corrected chi connectivity index (χ1v) is 10.6. The van der Waals surface area contributed by atoms with Crippen molar-refractivity contribution in [1.82, 2.24) is 10.0 Å². The lowest BCUT2D eigenvalue weighted by Gasteiger charge is -2.16. The number of rotatable bonds is 10. The summed E-state index contributed by atoms with van der Waals surface area (Å²) in [7, 11) is -3.56. The summed E-state index contributed by atoms with van der Waals surface area (Å²) in [4.78, 5) is 12.0. The monoisotopic (exact) mass is 386 g/mol. The van der Waals surface area contributed by atoms with Gasteiger partial charge in [0.05, 0.1) is 0 Å². The Morgan fingerprint density at radius 3 is 2.30 bits per heavy atom. The van der Waals surface area contributed by atoms with Gasteiger partial charge in [-0.15, -0.1) is 0 Å². The first kappa shape index (κ1) is 20.9. The fourth-order valence-electron chi connectivity index (χ4n) is 2.64. The van der Waals surface area contributed by atoms with E-state index in [-0.39, 0.29) is 24.8 Å². The predicted octanol–water partition coefficient (Wildman–Crippen LogP) is 3.28. The van der Waals surface area contributed by atoms with Gasteiger partial charge < -0.3 is 5.32 Å². The molecule has 5 nitrogen and oxygen atoms in total. The Labute approximate surface area is 161 Å². The van der Waals surface area contributed by atoms with Gasteiger partial charge in [0.15, 0.2) is 0 Å². The molecule has 1 unspecified atom stereocenters. The number of sulfonamides is 1. The normalized spacial score (nSPS) is 12.8. The van der Waals surface area contributed by atoms with Crippen molar-refractivity contribution in [3.05, 3.63) is 77.2 Å². The van der Waals surface area contributed by atoms with Gasteiger partial charge in [0, 0.05) is 30.8 Å². The number of carbonyl (C=O) groups is 1. The van der Waals surface area contributed by atoms with Crippen molar-refractivity contribution in [2.75, 3.05) is 13.1 Å². The highest BCUT2D eigenvalue weighted by Crippen LogP contribution is 2.17. The number of hydrogen-bond donors (Lipinski definition) is 2. The molecule has 0 radical (unpaired) electrons. The van der Waals surface area contributed by atoms with E-state index in [0.29, 0.717) is 6.54 Å². The van der Waals surface area contributed by atoms with Crippen LogP contribution in [0, 0.1) is 0 Å². The number of carbonyl (C=O) groups excluding carboxylic acids is 1. The van der Waals surface area contributed by atoms with Crippen LogP contribution >= 0.6 is 0 Å². The number of nitrogens with one attached hydrogen (secondary N) is 2. The second kappa shape index (κ2) is 10.6. The average molecular weight is 387 g/mol. The van der Waals surface area contributed by atoms with Gasteiger partial charge in [-0.1, -0.05) is 67.6 Å². The number of amides is 1. The van der Waals surface area contributed by atoms with Crippen LogP contribution in [0.15, 0.2) is 66.1 Å². The maximum Gasteiger partial charge on any atom is 0.233 e. The van der Waals surface area contributed by atoms with Crippen molar-refractivity contribution in [3.63, 3.8) is 0 Å². The molecule has 6 heteroatoms. The molecule has 27 heavy (non-hydrogen) atoms. The summed E-state index contributed by atoms with van der Waals surface area (Å²) in [5, 5.41) is 4.00. The minimum absolute atomic E-state index is 0.0649. The molecule has 144 valence electrons. The molecule has 0 saturated carbocycles. The summed E-state index contributed by atoms with van der Waals surface area (Å²) in [5.41, 5.74) is 1.99. The minimum Gasteiger partial charge on any atom is -0.355 e. The molecule has 0 aliphatic rings. The van der Waals surface area contributed by atoms with E-state index >= 15 is 0 Å². The van der Waals surface area contributed by atoms with E-state index in [2.05, 4.69) is 17.0 Å². The zero-order valence-corrected chi connectivity index (χ0v) is 16.3.